The summed E-state index contributed by atoms with van der Waals surface area (Å²) in [6.07, 6.45) is -3.17. The number of nitrogens with one attached hydrogen (secondary N) is 2. The van der Waals surface area contributed by atoms with Crippen LogP contribution in [0.1, 0.15) is 47.8 Å². The molecule has 15 heteroatoms. The monoisotopic (exact) mass is 605 g/mol. The van der Waals surface area contributed by atoms with Crippen LogP contribution in [0.3, 0.4) is 0 Å². The molecule has 0 radical (unpaired) electrons. The van der Waals surface area contributed by atoms with E-state index in [0.717, 1.165) is 4.57 Å². The Morgan fingerprint density at radius 3 is 2.45 bits per heavy atom. The average molecular weight is 606 g/mol. The first kappa shape index (κ1) is 32.9. The van der Waals surface area contributed by atoms with Gasteiger partial charge in [-0.3, -0.25) is 18.7 Å². The highest BCUT2D eigenvalue weighted by Crippen LogP contribution is 2.47. The minimum absolute atomic E-state index is 0.0214. The molecule has 2 aromatic rings. The first-order valence-corrected chi connectivity index (χ1v) is 14.8. The Kier molecular flexibility index (Phi) is 10.6. The van der Waals surface area contributed by atoms with Crippen molar-refractivity contribution in [3.05, 3.63) is 64.5 Å². The van der Waals surface area contributed by atoms with E-state index in [4.69, 9.17) is 25.1 Å². The maximum Gasteiger partial charge on any atom is 0.459 e. The maximum absolute atomic E-state index is 13.8. The summed E-state index contributed by atoms with van der Waals surface area (Å²) in [5.74, 6) is -1.17. The summed E-state index contributed by atoms with van der Waals surface area (Å²) in [5, 5.41) is 16.1. The fourth-order valence-electron chi connectivity index (χ4n) is 3.94. The molecule has 1 aliphatic heterocycles. The van der Waals surface area contributed by atoms with Gasteiger partial charge in [-0.1, -0.05) is 32.0 Å². The molecule has 0 aliphatic carbocycles. The molecule has 14 nitrogen and oxygen atoms in total. The predicted octanol–water partition coefficient (Wildman–Crippen LogP) is 2.91. The normalized spacial score (nSPS) is 24.0. The van der Waals surface area contributed by atoms with Crippen LogP contribution >= 0.6 is 7.75 Å². The standard InChI is InChI=1S/C27H36N5O9P/c1-16(2)23(34)29-21-13-14-32(26(36)30-21)25-27(6,28-7)22(33)20(40-25)15-38-42(37,41-19-11-9-8-10-12-19)31-18(5)24(35)39-17(3)4/h8-14,16-18,20,22,25,33H,15H2,1-6H3,(H,31,37)(H,29,30,34,36)/t18-,20+,22+,25?,27+,42+/m0/s1. The SMILES string of the molecule is [C-]#[N+][C@@]1(C)C(n2ccc(NC(=O)C(C)C)nc2=O)O[C@H](CO[P@](=O)(N[C@@H](C)C(=O)OC(C)C)Oc2ccccc2)[C@H]1O. The summed E-state index contributed by atoms with van der Waals surface area (Å²) in [7, 11) is -4.29. The van der Waals surface area contributed by atoms with Crippen molar-refractivity contribution in [3.8, 4) is 5.75 Å². The highest BCUT2D eigenvalue weighted by atomic mass is 31.2. The van der Waals surface area contributed by atoms with Crippen LogP contribution < -0.4 is 20.6 Å². The van der Waals surface area contributed by atoms with Crippen LogP contribution in [0.25, 0.3) is 4.85 Å². The van der Waals surface area contributed by atoms with E-state index in [1.807, 2.05) is 0 Å². The number of para-hydroxylation sites is 1. The second-order valence-electron chi connectivity index (χ2n) is 10.5. The van der Waals surface area contributed by atoms with E-state index in [1.54, 1.807) is 45.9 Å². The summed E-state index contributed by atoms with van der Waals surface area (Å²) in [4.78, 5) is 44.6. The quantitative estimate of drug-likeness (QED) is 0.185. The van der Waals surface area contributed by atoms with Gasteiger partial charge in [0.15, 0.2) is 6.10 Å². The van der Waals surface area contributed by atoms with Gasteiger partial charge in [0, 0.05) is 19.0 Å². The second kappa shape index (κ2) is 13.6. The van der Waals surface area contributed by atoms with E-state index in [0.29, 0.717) is 0 Å². The van der Waals surface area contributed by atoms with E-state index in [2.05, 4.69) is 20.2 Å². The van der Waals surface area contributed by atoms with Crippen LogP contribution in [0.2, 0.25) is 0 Å². The largest absolute Gasteiger partial charge is 0.462 e. The Bertz CT molecular complexity index is 1410. The van der Waals surface area contributed by atoms with Crippen LogP contribution in [0.15, 0.2) is 47.4 Å². The van der Waals surface area contributed by atoms with E-state index in [9.17, 15) is 24.1 Å². The predicted molar refractivity (Wildman–Crippen MR) is 151 cm³/mol. The Morgan fingerprint density at radius 2 is 1.88 bits per heavy atom. The van der Waals surface area contributed by atoms with E-state index in [-0.39, 0.29) is 23.4 Å². The molecule has 1 saturated heterocycles. The smallest absolute Gasteiger partial charge is 0.459 e. The molecule has 0 bridgehead atoms. The first-order chi connectivity index (χ1) is 19.7. The fraction of sp³-hybridized carbons (Fsp3) is 0.519. The van der Waals surface area contributed by atoms with Gasteiger partial charge in [0.25, 0.3) is 0 Å². The Labute approximate surface area is 243 Å². The van der Waals surface area contributed by atoms with Gasteiger partial charge in [-0.25, -0.2) is 15.9 Å². The van der Waals surface area contributed by atoms with Gasteiger partial charge in [0.2, 0.25) is 12.1 Å². The molecule has 1 aliphatic rings. The van der Waals surface area contributed by atoms with Crippen molar-refractivity contribution in [2.24, 2.45) is 5.92 Å². The third kappa shape index (κ3) is 7.81. The lowest BCUT2D eigenvalue weighted by Gasteiger charge is -2.25. The second-order valence-corrected chi connectivity index (χ2v) is 12.2. The Balaban J connectivity index is 1.83. The molecule has 6 atom stereocenters. The fourth-order valence-corrected chi connectivity index (χ4v) is 5.44. The number of aromatic nitrogens is 2. The number of nitrogens with zero attached hydrogens (tertiary/aromatic N) is 3. The van der Waals surface area contributed by atoms with Crippen molar-refractivity contribution in [1.82, 2.24) is 14.6 Å². The number of ether oxygens (including phenoxy) is 2. The van der Waals surface area contributed by atoms with Gasteiger partial charge in [-0.15, -0.1) is 0 Å². The highest BCUT2D eigenvalue weighted by molar-refractivity contribution is 7.52. The topological polar surface area (TPSA) is 172 Å². The van der Waals surface area contributed by atoms with Gasteiger partial charge in [-0.05, 0) is 39.0 Å². The summed E-state index contributed by atoms with van der Waals surface area (Å²) >= 11 is 0. The van der Waals surface area contributed by atoms with E-state index in [1.165, 1.54) is 38.2 Å². The number of esters is 1. The number of carbonyl (C=O) groups is 2. The molecule has 42 heavy (non-hydrogen) atoms. The lowest BCUT2D eigenvalue weighted by Crippen LogP contribution is -2.44. The van der Waals surface area contributed by atoms with Crippen molar-refractivity contribution in [2.45, 2.75) is 77.7 Å². The number of aliphatic hydroxyl groups excluding tert-OH is 1. The van der Waals surface area contributed by atoms with Crippen molar-refractivity contribution in [1.29, 1.82) is 0 Å². The number of benzene rings is 1. The number of aliphatic hydroxyl groups is 1. The summed E-state index contributed by atoms with van der Waals surface area (Å²) in [5.41, 5.74) is -2.50. The lowest BCUT2D eigenvalue weighted by atomic mass is 9.93. The minimum atomic E-state index is -4.29. The zero-order valence-corrected chi connectivity index (χ0v) is 25.1. The lowest BCUT2D eigenvalue weighted by molar-refractivity contribution is -0.149. The van der Waals surface area contributed by atoms with Crippen molar-refractivity contribution in [2.75, 3.05) is 11.9 Å². The Morgan fingerprint density at radius 1 is 1.21 bits per heavy atom. The number of carbonyl (C=O) groups excluding carboxylic acids is 2. The Hall–Kier alpha value is -3.60. The minimum Gasteiger partial charge on any atom is -0.462 e. The molecule has 1 amide bonds. The van der Waals surface area contributed by atoms with Crippen LogP contribution in [0.5, 0.6) is 5.75 Å². The molecule has 3 N–H and O–H groups in total. The van der Waals surface area contributed by atoms with Crippen molar-refractivity contribution in [3.63, 3.8) is 0 Å². The van der Waals surface area contributed by atoms with Crippen LogP contribution in [-0.4, -0.2) is 63.0 Å². The number of rotatable bonds is 12. The van der Waals surface area contributed by atoms with E-state index < -0.39 is 62.1 Å². The molecular weight excluding hydrogens is 569 g/mol. The number of hydrogen-bond acceptors (Lipinski definition) is 10. The molecular formula is C27H36N5O9P. The molecule has 1 aromatic carbocycles. The molecule has 1 aromatic heterocycles. The highest BCUT2D eigenvalue weighted by Gasteiger charge is 2.61. The third-order valence-corrected chi connectivity index (χ3v) is 7.93. The molecule has 0 saturated carbocycles. The molecule has 0 spiro atoms. The zero-order valence-electron chi connectivity index (χ0n) is 24.2. The van der Waals surface area contributed by atoms with Crippen LogP contribution in [0, 0.1) is 12.5 Å². The molecule has 3 rings (SSSR count). The maximum atomic E-state index is 13.8. The number of amides is 1. The van der Waals surface area contributed by atoms with Gasteiger partial charge in [0.05, 0.1) is 12.7 Å². The summed E-state index contributed by atoms with van der Waals surface area (Å²) in [6, 6.07) is 8.37. The number of hydrogen-bond donors (Lipinski definition) is 3. The molecule has 2 heterocycles. The molecule has 1 fully saturated rings. The van der Waals surface area contributed by atoms with Gasteiger partial charge < -0.3 is 29.3 Å². The molecule has 228 valence electrons. The molecule has 1 unspecified atom stereocenters. The average Bonchev–Trinajstić information content (AvgIpc) is 3.17. The van der Waals surface area contributed by atoms with Gasteiger partial charge in [0.1, 0.15) is 23.7 Å². The summed E-state index contributed by atoms with van der Waals surface area (Å²) < 4.78 is 37.1. The zero-order chi connectivity index (χ0) is 31.2. The van der Waals surface area contributed by atoms with Crippen LogP contribution in [-0.2, 0) is 28.2 Å². The van der Waals surface area contributed by atoms with Gasteiger partial charge in [-0.2, -0.15) is 10.1 Å². The number of anilines is 1. The first-order valence-electron chi connectivity index (χ1n) is 13.3. The summed E-state index contributed by atoms with van der Waals surface area (Å²) in [6.45, 7) is 16.7. The van der Waals surface area contributed by atoms with Gasteiger partial charge >= 0.3 is 24.9 Å². The third-order valence-electron chi connectivity index (χ3n) is 6.29. The van der Waals surface area contributed by atoms with Crippen LogP contribution in [0.4, 0.5) is 5.82 Å². The van der Waals surface area contributed by atoms with E-state index >= 15 is 0 Å². The van der Waals surface area contributed by atoms with Crippen molar-refractivity contribution < 1.29 is 37.8 Å². The van der Waals surface area contributed by atoms with Crippen molar-refractivity contribution >= 4 is 25.4 Å².